The molecule has 19 heavy (non-hydrogen) atoms. The van der Waals surface area contributed by atoms with Gasteiger partial charge in [0.05, 0.1) is 35.5 Å². The minimum atomic E-state index is -0.218. The molecule has 2 aromatic rings. The van der Waals surface area contributed by atoms with Crippen LogP contribution in [0.5, 0.6) is 0 Å². The number of amides is 1. The summed E-state index contributed by atoms with van der Waals surface area (Å²) in [5.74, 6) is 0.960. The van der Waals surface area contributed by atoms with Gasteiger partial charge in [-0.1, -0.05) is 0 Å². The van der Waals surface area contributed by atoms with Crippen molar-refractivity contribution in [2.75, 3.05) is 5.32 Å². The number of nitrogens with one attached hydrogen (secondary N) is 1. The third-order valence-electron chi connectivity index (χ3n) is 3.00. The van der Waals surface area contributed by atoms with Crippen LogP contribution in [0.3, 0.4) is 0 Å². The first kappa shape index (κ1) is 11.7. The molecule has 0 unspecified atom stereocenters. The third-order valence-corrected chi connectivity index (χ3v) is 3.00. The standard InChI is InChI=1S/C13H13N5O/c1-8-14-7-11(12(17-8)9-2-3-9)18-13(19)10-4-5-15-16-6-10/h4-7,9H,2-3H2,1H3,(H,18,19). The fourth-order valence-corrected chi connectivity index (χ4v) is 1.87. The number of anilines is 1. The molecule has 2 aromatic heterocycles. The lowest BCUT2D eigenvalue weighted by Crippen LogP contribution is -2.15. The van der Waals surface area contributed by atoms with Gasteiger partial charge in [0, 0.05) is 5.92 Å². The van der Waals surface area contributed by atoms with Crippen LogP contribution in [0.4, 0.5) is 5.69 Å². The van der Waals surface area contributed by atoms with Crippen LogP contribution in [0.2, 0.25) is 0 Å². The molecular formula is C13H13N5O. The maximum Gasteiger partial charge on any atom is 0.257 e. The second kappa shape index (κ2) is 4.72. The molecule has 1 N–H and O–H groups in total. The van der Waals surface area contributed by atoms with Crippen molar-refractivity contribution in [3.05, 3.63) is 41.7 Å². The SMILES string of the molecule is Cc1ncc(NC(=O)c2ccnnc2)c(C2CC2)n1. The molecule has 0 bridgehead atoms. The van der Waals surface area contributed by atoms with E-state index >= 15 is 0 Å². The second-order valence-corrected chi connectivity index (χ2v) is 4.58. The van der Waals surface area contributed by atoms with Gasteiger partial charge >= 0.3 is 0 Å². The molecule has 0 radical (unpaired) electrons. The van der Waals surface area contributed by atoms with Gasteiger partial charge in [0.2, 0.25) is 0 Å². The number of carbonyl (C=O) groups is 1. The van der Waals surface area contributed by atoms with Crippen molar-refractivity contribution < 1.29 is 4.79 Å². The summed E-state index contributed by atoms with van der Waals surface area (Å²) < 4.78 is 0. The van der Waals surface area contributed by atoms with Crippen molar-refractivity contribution in [3.8, 4) is 0 Å². The molecule has 1 aliphatic rings. The molecule has 1 amide bonds. The average Bonchev–Trinajstić information content (AvgIpc) is 3.26. The molecule has 96 valence electrons. The number of nitrogens with zero attached hydrogens (tertiary/aromatic N) is 4. The molecule has 0 spiro atoms. The Kier molecular flexibility index (Phi) is 2.91. The van der Waals surface area contributed by atoms with Crippen LogP contribution in [0.1, 0.15) is 40.6 Å². The predicted molar refractivity (Wildman–Crippen MR) is 68.7 cm³/mol. The van der Waals surface area contributed by atoms with Crippen LogP contribution in [-0.2, 0) is 0 Å². The first-order valence-electron chi connectivity index (χ1n) is 6.15. The van der Waals surface area contributed by atoms with E-state index in [4.69, 9.17) is 0 Å². The van der Waals surface area contributed by atoms with Crippen LogP contribution in [0, 0.1) is 6.92 Å². The van der Waals surface area contributed by atoms with E-state index in [1.807, 2.05) is 6.92 Å². The van der Waals surface area contributed by atoms with Gasteiger partial charge in [-0.25, -0.2) is 9.97 Å². The Labute approximate surface area is 110 Å². The summed E-state index contributed by atoms with van der Waals surface area (Å²) >= 11 is 0. The minimum absolute atomic E-state index is 0.218. The lowest BCUT2D eigenvalue weighted by atomic mass is 10.2. The minimum Gasteiger partial charge on any atom is -0.319 e. The molecule has 0 saturated heterocycles. The number of carbonyl (C=O) groups excluding carboxylic acids is 1. The van der Waals surface area contributed by atoms with Crippen molar-refractivity contribution in [2.24, 2.45) is 0 Å². The van der Waals surface area contributed by atoms with E-state index in [0.29, 0.717) is 17.2 Å². The summed E-state index contributed by atoms with van der Waals surface area (Å²) in [5.41, 5.74) is 2.09. The van der Waals surface area contributed by atoms with Crippen molar-refractivity contribution >= 4 is 11.6 Å². The van der Waals surface area contributed by atoms with E-state index in [1.54, 1.807) is 12.3 Å². The highest BCUT2D eigenvalue weighted by Crippen LogP contribution is 2.42. The summed E-state index contributed by atoms with van der Waals surface area (Å²) in [5, 5.41) is 10.2. The maximum atomic E-state index is 12.1. The quantitative estimate of drug-likeness (QED) is 0.902. The predicted octanol–water partition coefficient (Wildman–Crippen LogP) is 1.70. The van der Waals surface area contributed by atoms with Crippen molar-refractivity contribution in [3.63, 3.8) is 0 Å². The van der Waals surface area contributed by atoms with Crippen LogP contribution in [0.25, 0.3) is 0 Å². The molecule has 3 rings (SSSR count). The summed E-state index contributed by atoms with van der Waals surface area (Å²) in [6.45, 7) is 1.85. The molecule has 1 fully saturated rings. The normalized spacial score (nSPS) is 14.2. The first-order chi connectivity index (χ1) is 9.24. The van der Waals surface area contributed by atoms with E-state index in [1.165, 1.54) is 12.4 Å². The topological polar surface area (TPSA) is 80.7 Å². The van der Waals surface area contributed by atoms with Gasteiger partial charge in [0.25, 0.3) is 5.91 Å². The van der Waals surface area contributed by atoms with Crippen LogP contribution >= 0.6 is 0 Å². The molecule has 0 atom stereocenters. The van der Waals surface area contributed by atoms with Gasteiger partial charge in [-0.3, -0.25) is 4.79 Å². The number of aromatic nitrogens is 4. The monoisotopic (exact) mass is 255 g/mol. The van der Waals surface area contributed by atoms with Gasteiger partial charge in [0.1, 0.15) is 5.82 Å². The molecule has 6 heteroatoms. The number of aryl methyl sites for hydroxylation is 1. The summed E-state index contributed by atoms with van der Waals surface area (Å²) in [6, 6.07) is 1.62. The third kappa shape index (κ3) is 2.57. The van der Waals surface area contributed by atoms with Gasteiger partial charge in [-0.15, -0.1) is 0 Å². The van der Waals surface area contributed by atoms with E-state index in [9.17, 15) is 4.79 Å². The van der Waals surface area contributed by atoms with E-state index in [2.05, 4.69) is 25.5 Å². The van der Waals surface area contributed by atoms with Crippen molar-refractivity contribution in [2.45, 2.75) is 25.7 Å². The largest absolute Gasteiger partial charge is 0.319 e. The Bertz CT molecular complexity index is 610. The Morgan fingerprint density at radius 3 is 2.84 bits per heavy atom. The Hall–Kier alpha value is -2.37. The van der Waals surface area contributed by atoms with Crippen LogP contribution in [0.15, 0.2) is 24.7 Å². The van der Waals surface area contributed by atoms with Gasteiger partial charge in [-0.2, -0.15) is 10.2 Å². The van der Waals surface area contributed by atoms with Crippen molar-refractivity contribution in [1.29, 1.82) is 0 Å². The van der Waals surface area contributed by atoms with Gasteiger partial charge < -0.3 is 5.32 Å². The molecule has 0 aromatic carbocycles. The van der Waals surface area contributed by atoms with Crippen LogP contribution < -0.4 is 5.32 Å². The second-order valence-electron chi connectivity index (χ2n) is 4.58. The zero-order valence-corrected chi connectivity index (χ0v) is 10.5. The smallest absolute Gasteiger partial charge is 0.257 e. The van der Waals surface area contributed by atoms with Gasteiger partial charge in [-0.05, 0) is 25.8 Å². The van der Waals surface area contributed by atoms with E-state index in [-0.39, 0.29) is 5.91 Å². The molecular weight excluding hydrogens is 242 g/mol. The highest BCUT2D eigenvalue weighted by molar-refractivity contribution is 6.04. The van der Waals surface area contributed by atoms with E-state index < -0.39 is 0 Å². The zero-order chi connectivity index (χ0) is 13.2. The zero-order valence-electron chi connectivity index (χ0n) is 10.5. The molecule has 6 nitrogen and oxygen atoms in total. The highest BCUT2D eigenvalue weighted by atomic mass is 16.1. The fourth-order valence-electron chi connectivity index (χ4n) is 1.87. The highest BCUT2D eigenvalue weighted by Gasteiger charge is 2.28. The maximum absolute atomic E-state index is 12.1. The first-order valence-corrected chi connectivity index (χ1v) is 6.15. The Morgan fingerprint density at radius 2 is 2.16 bits per heavy atom. The summed E-state index contributed by atoms with van der Waals surface area (Å²) in [7, 11) is 0. The Balaban J connectivity index is 1.85. The lowest BCUT2D eigenvalue weighted by molar-refractivity contribution is 0.102. The summed E-state index contributed by atoms with van der Waals surface area (Å²) in [6.07, 6.45) is 6.83. The number of hydrogen-bond acceptors (Lipinski definition) is 5. The molecule has 1 aliphatic carbocycles. The molecule has 2 heterocycles. The van der Waals surface area contributed by atoms with Crippen LogP contribution in [-0.4, -0.2) is 26.1 Å². The number of hydrogen-bond donors (Lipinski definition) is 1. The summed E-state index contributed by atoms with van der Waals surface area (Å²) in [4.78, 5) is 20.6. The average molecular weight is 255 g/mol. The Morgan fingerprint density at radius 1 is 1.32 bits per heavy atom. The number of rotatable bonds is 3. The van der Waals surface area contributed by atoms with E-state index in [0.717, 1.165) is 24.4 Å². The van der Waals surface area contributed by atoms with Gasteiger partial charge in [0.15, 0.2) is 0 Å². The fraction of sp³-hybridized carbons (Fsp3) is 0.308. The molecule has 0 aliphatic heterocycles. The lowest BCUT2D eigenvalue weighted by Gasteiger charge is -2.09. The molecule has 1 saturated carbocycles. The van der Waals surface area contributed by atoms with Crippen molar-refractivity contribution in [1.82, 2.24) is 20.2 Å².